The summed E-state index contributed by atoms with van der Waals surface area (Å²) < 4.78 is 11.5. The zero-order valence-electron chi connectivity index (χ0n) is 19.0. The Morgan fingerprint density at radius 2 is 1.78 bits per heavy atom. The molecule has 0 atom stereocenters. The highest BCUT2D eigenvalue weighted by Crippen LogP contribution is 2.37. The standard InChI is InChI=1S/C26H20Cl2N2O5S/c1-34-21-7-2-4-17(24(21)35-15-16-8-10-18(27)11-9-16)12-22-25(32)30(26(33)36-22)14-23(31)29-20-6-3-5-19(28)13-20/h2-13H,14-15H2,1H3,(H,29,31)/b22-12+. The highest BCUT2D eigenvalue weighted by Gasteiger charge is 2.36. The molecule has 0 spiro atoms. The van der Waals surface area contributed by atoms with Crippen LogP contribution in [0.25, 0.3) is 6.08 Å². The molecule has 36 heavy (non-hydrogen) atoms. The van der Waals surface area contributed by atoms with Gasteiger partial charge in [0.15, 0.2) is 11.5 Å². The summed E-state index contributed by atoms with van der Waals surface area (Å²) in [6.07, 6.45) is 1.56. The number of benzene rings is 3. The van der Waals surface area contributed by atoms with Gasteiger partial charge in [0.2, 0.25) is 5.91 Å². The van der Waals surface area contributed by atoms with Crippen molar-refractivity contribution in [2.45, 2.75) is 6.61 Å². The first-order valence-electron chi connectivity index (χ1n) is 10.7. The average Bonchev–Trinajstić information content (AvgIpc) is 3.11. The summed E-state index contributed by atoms with van der Waals surface area (Å²) in [6, 6.07) is 19.0. The largest absolute Gasteiger partial charge is 0.493 e. The topological polar surface area (TPSA) is 84.9 Å². The molecule has 0 aromatic heterocycles. The number of halogens is 2. The molecule has 0 unspecified atom stereocenters. The molecule has 0 bridgehead atoms. The van der Waals surface area contributed by atoms with Crippen LogP contribution in [-0.4, -0.2) is 35.6 Å². The number of anilines is 1. The second-order valence-corrected chi connectivity index (χ2v) is 9.49. The van der Waals surface area contributed by atoms with E-state index in [1.165, 1.54) is 7.11 Å². The first-order valence-corrected chi connectivity index (χ1v) is 12.3. The van der Waals surface area contributed by atoms with Crippen LogP contribution in [0.3, 0.4) is 0 Å². The van der Waals surface area contributed by atoms with Gasteiger partial charge in [-0.3, -0.25) is 19.3 Å². The van der Waals surface area contributed by atoms with Gasteiger partial charge >= 0.3 is 0 Å². The van der Waals surface area contributed by atoms with E-state index in [0.29, 0.717) is 32.8 Å². The third kappa shape index (κ3) is 6.20. The fraction of sp³-hybridized carbons (Fsp3) is 0.115. The summed E-state index contributed by atoms with van der Waals surface area (Å²) in [5.41, 5.74) is 1.91. The Morgan fingerprint density at radius 3 is 2.50 bits per heavy atom. The van der Waals surface area contributed by atoms with E-state index in [-0.39, 0.29) is 11.5 Å². The minimum absolute atomic E-state index is 0.167. The van der Waals surface area contributed by atoms with Gasteiger partial charge in [-0.2, -0.15) is 0 Å². The molecular weight excluding hydrogens is 523 g/mol. The van der Waals surface area contributed by atoms with Crippen molar-refractivity contribution >= 4 is 63.8 Å². The number of nitrogens with one attached hydrogen (secondary N) is 1. The number of rotatable bonds is 8. The molecule has 1 aliphatic heterocycles. The normalized spacial score (nSPS) is 14.3. The Kier molecular flexibility index (Phi) is 8.20. The summed E-state index contributed by atoms with van der Waals surface area (Å²) in [5.74, 6) is -0.204. The maximum atomic E-state index is 13.0. The van der Waals surface area contributed by atoms with Crippen molar-refractivity contribution in [2.24, 2.45) is 0 Å². The van der Waals surface area contributed by atoms with Crippen molar-refractivity contribution in [1.29, 1.82) is 0 Å². The SMILES string of the molecule is COc1cccc(/C=C2/SC(=O)N(CC(=O)Nc3cccc(Cl)c3)C2=O)c1OCc1ccc(Cl)cc1. The highest BCUT2D eigenvalue weighted by molar-refractivity contribution is 8.18. The molecule has 4 rings (SSSR count). The van der Waals surface area contributed by atoms with Crippen molar-refractivity contribution in [3.63, 3.8) is 0 Å². The van der Waals surface area contributed by atoms with Crippen LogP contribution in [0.5, 0.6) is 11.5 Å². The third-order valence-electron chi connectivity index (χ3n) is 5.10. The molecule has 1 fully saturated rings. The van der Waals surface area contributed by atoms with Crippen LogP contribution in [0, 0.1) is 0 Å². The predicted octanol–water partition coefficient (Wildman–Crippen LogP) is 6.26. The van der Waals surface area contributed by atoms with E-state index in [9.17, 15) is 14.4 Å². The summed E-state index contributed by atoms with van der Waals surface area (Å²) in [7, 11) is 1.51. The van der Waals surface area contributed by atoms with Gasteiger partial charge in [-0.25, -0.2) is 0 Å². The third-order valence-corrected chi connectivity index (χ3v) is 6.49. The van der Waals surface area contributed by atoms with E-state index in [0.717, 1.165) is 22.2 Å². The molecule has 3 aromatic carbocycles. The molecule has 0 aliphatic carbocycles. The second-order valence-electron chi connectivity index (χ2n) is 7.62. The quantitative estimate of drug-likeness (QED) is 0.338. The van der Waals surface area contributed by atoms with Gasteiger partial charge in [0, 0.05) is 21.3 Å². The fourth-order valence-corrected chi connectivity index (χ4v) is 4.53. The zero-order chi connectivity index (χ0) is 25.7. The maximum absolute atomic E-state index is 13.0. The lowest BCUT2D eigenvalue weighted by molar-refractivity contribution is -0.127. The molecule has 3 aromatic rings. The molecule has 7 nitrogen and oxygen atoms in total. The van der Waals surface area contributed by atoms with Crippen LogP contribution in [0.2, 0.25) is 10.0 Å². The van der Waals surface area contributed by atoms with Crippen LogP contribution in [0.4, 0.5) is 10.5 Å². The number of amides is 3. The number of ether oxygens (including phenoxy) is 2. The Labute approximate surface area is 222 Å². The molecule has 1 saturated heterocycles. The number of imide groups is 1. The van der Waals surface area contributed by atoms with Gasteiger partial charge in [0.25, 0.3) is 11.1 Å². The van der Waals surface area contributed by atoms with E-state index in [1.54, 1.807) is 60.7 Å². The number of methoxy groups -OCH3 is 1. The average molecular weight is 543 g/mol. The molecule has 3 amide bonds. The van der Waals surface area contributed by atoms with E-state index in [2.05, 4.69) is 5.32 Å². The highest BCUT2D eigenvalue weighted by atomic mass is 35.5. The number of carbonyl (C=O) groups is 3. The minimum atomic E-state index is -0.572. The van der Waals surface area contributed by atoms with Crippen molar-refractivity contribution in [3.05, 3.63) is 92.8 Å². The van der Waals surface area contributed by atoms with Gasteiger partial charge in [0.1, 0.15) is 13.2 Å². The van der Waals surface area contributed by atoms with E-state index in [1.807, 2.05) is 12.1 Å². The number of thioether (sulfide) groups is 1. The maximum Gasteiger partial charge on any atom is 0.294 e. The van der Waals surface area contributed by atoms with Crippen LogP contribution in [-0.2, 0) is 16.2 Å². The number of carbonyl (C=O) groups excluding carboxylic acids is 3. The number of nitrogens with zero attached hydrogens (tertiary/aromatic N) is 1. The Hall–Kier alpha value is -3.46. The fourth-order valence-electron chi connectivity index (χ4n) is 3.39. The van der Waals surface area contributed by atoms with Crippen LogP contribution in [0.15, 0.2) is 71.6 Å². The summed E-state index contributed by atoms with van der Waals surface area (Å²) in [6.45, 7) is -0.184. The summed E-state index contributed by atoms with van der Waals surface area (Å²) in [5, 5.41) is 3.16. The van der Waals surface area contributed by atoms with E-state index in [4.69, 9.17) is 32.7 Å². The van der Waals surface area contributed by atoms with Crippen molar-refractivity contribution < 1.29 is 23.9 Å². The van der Waals surface area contributed by atoms with Gasteiger partial charge < -0.3 is 14.8 Å². The number of hydrogen-bond donors (Lipinski definition) is 1. The van der Waals surface area contributed by atoms with Crippen LogP contribution >= 0.6 is 35.0 Å². The van der Waals surface area contributed by atoms with Crippen molar-refractivity contribution in [3.8, 4) is 11.5 Å². The van der Waals surface area contributed by atoms with Gasteiger partial charge in [-0.15, -0.1) is 0 Å². The Bertz CT molecular complexity index is 1340. The van der Waals surface area contributed by atoms with Gasteiger partial charge in [-0.1, -0.05) is 53.5 Å². The molecule has 0 radical (unpaired) electrons. The molecule has 10 heteroatoms. The minimum Gasteiger partial charge on any atom is -0.493 e. The smallest absolute Gasteiger partial charge is 0.294 e. The lowest BCUT2D eigenvalue weighted by Gasteiger charge is -2.14. The van der Waals surface area contributed by atoms with Crippen molar-refractivity contribution in [1.82, 2.24) is 4.90 Å². The molecule has 1 aliphatic rings. The summed E-state index contributed by atoms with van der Waals surface area (Å²) in [4.78, 5) is 39.0. The lowest BCUT2D eigenvalue weighted by atomic mass is 10.1. The Morgan fingerprint density at radius 1 is 1.03 bits per heavy atom. The second kappa shape index (κ2) is 11.5. The monoisotopic (exact) mass is 542 g/mol. The van der Waals surface area contributed by atoms with E-state index >= 15 is 0 Å². The molecule has 1 N–H and O–H groups in total. The molecule has 1 heterocycles. The predicted molar refractivity (Wildman–Crippen MR) is 142 cm³/mol. The molecule has 184 valence electrons. The first kappa shape index (κ1) is 25.6. The number of hydrogen-bond acceptors (Lipinski definition) is 6. The first-order chi connectivity index (χ1) is 17.3. The van der Waals surface area contributed by atoms with Crippen LogP contribution in [0.1, 0.15) is 11.1 Å². The zero-order valence-corrected chi connectivity index (χ0v) is 21.3. The Balaban J connectivity index is 1.51. The molecular formula is C26H20Cl2N2O5S. The van der Waals surface area contributed by atoms with Gasteiger partial charge in [-0.05, 0) is 59.8 Å². The van der Waals surface area contributed by atoms with Crippen molar-refractivity contribution in [2.75, 3.05) is 19.0 Å². The van der Waals surface area contributed by atoms with Crippen LogP contribution < -0.4 is 14.8 Å². The lowest BCUT2D eigenvalue weighted by Crippen LogP contribution is -2.36. The number of para-hydroxylation sites is 1. The van der Waals surface area contributed by atoms with E-state index < -0.39 is 23.6 Å². The van der Waals surface area contributed by atoms with Gasteiger partial charge in [0.05, 0.1) is 12.0 Å². The molecule has 0 saturated carbocycles. The summed E-state index contributed by atoms with van der Waals surface area (Å²) >= 11 is 12.6.